The Labute approximate surface area is 149 Å². The maximum absolute atomic E-state index is 13.4. The minimum absolute atomic E-state index is 0.0521. The van der Waals surface area contributed by atoms with Crippen LogP contribution in [0, 0.1) is 5.82 Å². The van der Waals surface area contributed by atoms with Crippen molar-refractivity contribution in [2.24, 2.45) is 0 Å². The second-order valence-corrected chi connectivity index (χ2v) is 5.83. The Kier molecular flexibility index (Phi) is 5.60. The van der Waals surface area contributed by atoms with E-state index < -0.39 is 5.82 Å². The number of carbonyl (C=O) groups is 1. The molecule has 0 unspecified atom stereocenters. The van der Waals surface area contributed by atoms with Gasteiger partial charge >= 0.3 is 0 Å². The SMILES string of the molecule is O=C(COc1ccccc1F)NCCc1cc(Cl)c2c(c1)OCCO2. The summed E-state index contributed by atoms with van der Waals surface area (Å²) in [4.78, 5) is 11.8. The van der Waals surface area contributed by atoms with E-state index in [9.17, 15) is 9.18 Å². The van der Waals surface area contributed by atoms with Crippen LogP contribution < -0.4 is 19.5 Å². The predicted molar refractivity (Wildman–Crippen MR) is 91.1 cm³/mol. The Hall–Kier alpha value is -2.47. The molecule has 1 N–H and O–H groups in total. The molecule has 0 spiro atoms. The van der Waals surface area contributed by atoms with E-state index in [0.29, 0.717) is 42.7 Å². The Morgan fingerprint density at radius 2 is 2.04 bits per heavy atom. The van der Waals surface area contributed by atoms with Crippen LogP contribution in [-0.2, 0) is 11.2 Å². The lowest BCUT2D eigenvalue weighted by molar-refractivity contribution is -0.123. The number of carbonyl (C=O) groups excluding carboxylic acids is 1. The highest BCUT2D eigenvalue weighted by molar-refractivity contribution is 6.32. The van der Waals surface area contributed by atoms with Gasteiger partial charge in [0.05, 0.1) is 5.02 Å². The first-order valence-corrected chi connectivity index (χ1v) is 8.23. The molecule has 132 valence electrons. The molecule has 1 aliphatic rings. The fraction of sp³-hybridized carbons (Fsp3) is 0.278. The second-order valence-electron chi connectivity index (χ2n) is 5.42. The molecule has 0 aliphatic carbocycles. The second kappa shape index (κ2) is 8.07. The lowest BCUT2D eigenvalue weighted by Crippen LogP contribution is -2.30. The van der Waals surface area contributed by atoms with Crippen molar-refractivity contribution in [3.8, 4) is 17.2 Å². The highest BCUT2D eigenvalue weighted by Crippen LogP contribution is 2.38. The molecule has 5 nitrogen and oxygen atoms in total. The van der Waals surface area contributed by atoms with Gasteiger partial charge in [0.2, 0.25) is 0 Å². The molecule has 1 heterocycles. The number of benzene rings is 2. The average molecular weight is 366 g/mol. The zero-order valence-electron chi connectivity index (χ0n) is 13.4. The number of ether oxygens (including phenoxy) is 3. The number of hydrogen-bond acceptors (Lipinski definition) is 4. The van der Waals surface area contributed by atoms with Crippen molar-refractivity contribution in [3.05, 3.63) is 52.8 Å². The van der Waals surface area contributed by atoms with Crippen molar-refractivity contribution < 1.29 is 23.4 Å². The van der Waals surface area contributed by atoms with E-state index >= 15 is 0 Å². The Morgan fingerprint density at radius 1 is 1.24 bits per heavy atom. The third kappa shape index (κ3) is 4.54. The minimum atomic E-state index is -0.499. The first kappa shape index (κ1) is 17.4. The molecule has 2 aromatic rings. The third-order valence-electron chi connectivity index (χ3n) is 3.59. The minimum Gasteiger partial charge on any atom is -0.486 e. The molecule has 1 aliphatic heterocycles. The number of halogens is 2. The molecular formula is C18H17ClFNO4. The maximum atomic E-state index is 13.4. The van der Waals surface area contributed by atoms with E-state index in [1.54, 1.807) is 18.2 Å². The van der Waals surface area contributed by atoms with Crippen LogP contribution in [0.3, 0.4) is 0 Å². The summed E-state index contributed by atoms with van der Waals surface area (Å²) in [5, 5.41) is 3.21. The fourth-order valence-corrected chi connectivity index (χ4v) is 2.70. The van der Waals surface area contributed by atoms with Crippen molar-refractivity contribution in [2.45, 2.75) is 6.42 Å². The molecule has 0 radical (unpaired) electrons. The van der Waals surface area contributed by atoms with Crippen LogP contribution in [0.4, 0.5) is 4.39 Å². The molecule has 0 atom stereocenters. The van der Waals surface area contributed by atoms with E-state index in [-0.39, 0.29) is 18.3 Å². The predicted octanol–water partition coefficient (Wildman–Crippen LogP) is 2.99. The number of hydrogen-bond donors (Lipinski definition) is 1. The van der Waals surface area contributed by atoms with Crippen LogP contribution in [0.15, 0.2) is 36.4 Å². The largest absolute Gasteiger partial charge is 0.486 e. The molecule has 7 heteroatoms. The van der Waals surface area contributed by atoms with Crippen LogP contribution in [0.2, 0.25) is 5.02 Å². The summed E-state index contributed by atoms with van der Waals surface area (Å²) in [5.74, 6) is 0.395. The summed E-state index contributed by atoms with van der Waals surface area (Å²) in [6.07, 6.45) is 0.571. The van der Waals surface area contributed by atoms with E-state index in [1.165, 1.54) is 12.1 Å². The Balaban J connectivity index is 1.47. The normalized spacial score (nSPS) is 12.6. The zero-order chi connectivity index (χ0) is 17.6. The summed E-state index contributed by atoms with van der Waals surface area (Å²) in [6, 6.07) is 9.58. The Bertz CT molecular complexity index is 769. The van der Waals surface area contributed by atoms with Crippen molar-refractivity contribution >= 4 is 17.5 Å². The monoisotopic (exact) mass is 365 g/mol. The van der Waals surface area contributed by atoms with Crippen LogP contribution in [0.1, 0.15) is 5.56 Å². The van der Waals surface area contributed by atoms with Crippen molar-refractivity contribution in [2.75, 3.05) is 26.4 Å². The summed E-state index contributed by atoms with van der Waals surface area (Å²) in [5.41, 5.74) is 0.921. The summed E-state index contributed by atoms with van der Waals surface area (Å²) < 4.78 is 29.5. The van der Waals surface area contributed by atoms with Crippen molar-refractivity contribution in [1.82, 2.24) is 5.32 Å². The van der Waals surface area contributed by atoms with Gasteiger partial charge in [-0.3, -0.25) is 4.79 Å². The van der Waals surface area contributed by atoms with Gasteiger partial charge in [0, 0.05) is 6.54 Å². The fourth-order valence-electron chi connectivity index (χ4n) is 2.41. The Morgan fingerprint density at radius 3 is 2.88 bits per heavy atom. The topological polar surface area (TPSA) is 56.8 Å². The molecule has 0 aromatic heterocycles. The van der Waals surface area contributed by atoms with Crippen molar-refractivity contribution in [1.29, 1.82) is 0 Å². The lowest BCUT2D eigenvalue weighted by atomic mass is 10.1. The van der Waals surface area contributed by atoms with Gasteiger partial charge in [-0.15, -0.1) is 0 Å². The van der Waals surface area contributed by atoms with Gasteiger partial charge in [-0.25, -0.2) is 4.39 Å². The average Bonchev–Trinajstić information content (AvgIpc) is 2.61. The molecule has 0 bridgehead atoms. The lowest BCUT2D eigenvalue weighted by Gasteiger charge is -2.20. The molecule has 3 rings (SSSR count). The molecule has 0 fully saturated rings. The molecular weight excluding hydrogens is 349 g/mol. The third-order valence-corrected chi connectivity index (χ3v) is 3.87. The van der Waals surface area contributed by atoms with Gasteiger partial charge in [0.15, 0.2) is 29.7 Å². The molecule has 0 saturated carbocycles. The van der Waals surface area contributed by atoms with Gasteiger partial charge in [-0.2, -0.15) is 0 Å². The van der Waals surface area contributed by atoms with Crippen LogP contribution in [0.5, 0.6) is 17.2 Å². The van der Waals surface area contributed by atoms with Gasteiger partial charge < -0.3 is 19.5 Å². The van der Waals surface area contributed by atoms with E-state index in [1.807, 2.05) is 6.07 Å². The zero-order valence-corrected chi connectivity index (χ0v) is 14.1. The highest BCUT2D eigenvalue weighted by Gasteiger charge is 2.16. The summed E-state index contributed by atoms with van der Waals surface area (Å²) in [7, 11) is 0. The van der Waals surface area contributed by atoms with Gasteiger partial charge in [0.1, 0.15) is 13.2 Å². The van der Waals surface area contributed by atoms with Crippen LogP contribution in [-0.4, -0.2) is 32.3 Å². The first-order valence-electron chi connectivity index (χ1n) is 7.85. The number of rotatable bonds is 6. The number of fused-ring (bicyclic) bond motifs is 1. The highest BCUT2D eigenvalue weighted by atomic mass is 35.5. The quantitative estimate of drug-likeness (QED) is 0.855. The van der Waals surface area contributed by atoms with Crippen LogP contribution in [0.25, 0.3) is 0 Å². The van der Waals surface area contributed by atoms with E-state index in [2.05, 4.69) is 5.32 Å². The number of amides is 1. The van der Waals surface area contributed by atoms with Gasteiger partial charge in [-0.05, 0) is 36.2 Å². The van der Waals surface area contributed by atoms with Gasteiger partial charge in [-0.1, -0.05) is 23.7 Å². The van der Waals surface area contributed by atoms with Gasteiger partial charge in [0.25, 0.3) is 5.91 Å². The standard InChI is InChI=1S/C18H17ClFNO4/c19-13-9-12(10-16-18(13)24-8-7-23-16)5-6-21-17(22)11-25-15-4-2-1-3-14(15)20/h1-4,9-10H,5-8,11H2,(H,21,22). The van der Waals surface area contributed by atoms with Crippen LogP contribution >= 0.6 is 11.6 Å². The van der Waals surface area contributed by atoms with Crippen molar-refractivity contribution in [3.63, 3.8) is 0 Å². The first-order chi connectivity index (χ1) is 12.1. The summed E-state index contributed by atoms with van der Waals surface area (Å²) in [6.45, 7) is 1.11. The smallest absolute Gasteiger partial charge is 0.257 e. The van der Waals surface area contributed by atoms with E-state index in [0.717, 1.165) is 5.56 Å². The number of nitrogens with one attached hydrogen (secondary N) is 1. The summed E-state index contributed by atoms with van der Waals surface area (Å²) >= 11 is 6.17. The molecule has 0 saturated heterocycles. The van der Waals surface area contributed by atoms with E-state index in [4.69, 9.17) is 25.8 Å². The molecule has 1 amide bonds. The number of para-hydroxylation sites is 1. The molecule has 2 aromatic carbocycles. The maximum Gasteiger partial charge on any atom is 0.257 e. The molecule has 25 heavy (non-hydrogen) atoms.